The van der Waals surface area contributed by atoms with E-state index in [0.717, 1.165) is 10.1 Å². The van der Waals surface area contributed by atoms with E-state index in [4.69, 9.17) is 16.7 Å². The largest absolute Gasteiger partial charge is 0.505 e. The van der Waals surface area contributed by atoms with Crippen molar-refractivity contribution < 1.29 is 19.8 Å². The van der Waals surface area contributed by atoms with Crippen molar-refractivity contribution in [2.45, 2.75) is 0 Å². The fourth-order valence-electron chi connectivity index (χ4n) is 2.89. The van der Waals surface area contributed by atoms with E-state index in [-0.39, 0.29) is 16.8 Å². The summed E-state index contributed by atoms with van der Waals surface area (Å²) < 4.78 is 1.16. The molecule has 4 rings (SSSR count). The second-order valence-corrected chi connectivity index (χ2v) is 6.33. The zero-order valence-corrected chi connectivity index (χ0v) is 14.9. The SMILES string of the molecule is O=C(O)CNC(=O)c1c(O)c2cnc(-c3cccc(Cl)c3)cc2c2ncnn12. The van der Waals surface area contributed by atoms with E-state index in [1.807, 2.05) is 6.07 Å². The van der Waals surface area contributed by atoms with Crippen LogP contribution in [0, 0.1) is 0 Å². The molecule has 0 fully saturated rings. The third kappa shape index (κ3) is 2.97. The second-order valence-electron chi connectivity index (χ2n) is 5.89. The van der Waals surface area contributed by atoms with E-state index >= 15 is 0 Å². The second kappa shape index (κ2) is 6.78. The van der Waals surface area contributed by atoms with Gasteiger partial charge in [-0.3, -0.25) is 14.6 Å². The molecule has 140 valence electrons. The highest BCUT2D eigenvalue weighted by molar-refractivity contribution is 6.30. The number of pyridine rings is 2. The first kappa shape index (κ1) is 17.7. The van der Waals surface area contributed by atoms with Crippen LogP contribution >= 0.6 is 11.6 Å². The van der Waals surface area contributed by atoms with E-state index in [9.17, 15) is 14.7 Å². The molecule has 1 aromatic carbocycles. The predicted octanol–water partition coefficient (Wildman–Crippen LogP) is 2.12. The van der Waals surface area contributed by atoms with Gasteiger partial charge in [0.1, 0.15) is 12.9 Å². The van der Waals surface area contributed by atoms with E-state index in [0.29, 0.717) is 21.7 Å². The standard InChI is InChI=1S/C18H12ClN5O4/c19-10-3-1-2-9(4-10)13-5-11-12(6-20-13)16(27)15(18(28)21-7-14(25)26)24-17(11)22-8-23-24/h1-6,8,27H,7H2,(H,21,28)(H,25,26). The van der Waals surface area contributed by atoms with E-state index in [1.165, 1.54) is 12.5 Å². The van der Waals surface area contributed by atoms with Crippen LogP contribution in [-0.2, 0) is 4.79 Å². The van der Waals surface area contributed by atoms with E-state index < -0.39 is 18.4 Å². The van der Waals surface area contributed by atoms with Gasteiger partial charge in [0.25, 0.3) is 5.91 Å². The smallest absolute Gasteiger partial charge is 0.322 e. The third-order valence-electron chi connectivity index (χ3n) is 4.12. The van der Waals surface area contributed by atoms with Crippen molar-refractivity contribution >= 4 is 39.9 Å². The lowest BCUT2D eigenvalue weighted by atomic mass is 10.1. The number of rotatable bonds is 4. The van der Waals surface area contributed by atoms with Crippen LogP contribution in [0.25, 0.3) is 27.7 Å². The summed E-state index contributed by atoms with van der Waals surface area (Å²) in [5.41, 5.74) is 1.47. The molecular weight excluding hydrogens is 386 g/mol. The minimum atomic E-state index is -1.21. The number of hydrogen-bond donors (Lipinski definition) is 3. The molecule has 0 saturated carbocycles. The lowest BCUT2D eigenvalue weighted by Gasteiger charge is -2.11. The number of carboxylic acids is 1. The summed E-state index contributed by atoms with van der Waals surface area (Å²) >= 11 is 6.04. The molecule has 4 aromatic rings. The number of halogens is 1. The number of carbonyl (C=O) groups excluding carboxylic acids is 1. The van der Waals surface area contributed by atoms with Crippen molar-refractivity contribution in [2.75, 3.05) is 6.54 Å². The third-order valence-corrected chi connectivity index (χ3v) is 4.35. The maximum Gasteiger partial charge on any atom is 0.322 e. The Balaban J connectivity index is 1.92. The molecule has 3 N–H and O–H groups in total. The summed E-state index contributed by atoms with van der Waals surface area (Å²) in [6.45, 7) is -0.599. The monoisotopic (exact) mass is 397 g/mol. The van der Waals surface area contributed by atoms with Crippen LogP contribution < -0.4 is 5.32 Å². The highest BCUT2D eigenvalue weighted by Crippen LogP contribution is 2.33. The van der Waals surface area contributed by atoms with Gasteiger partial charge in [0.15, 0.2) is 17.1 Å². The Morgan fingerprint density at radius 1 is 1.18 bits per heavy atom. The van der Waals surface area contributed by atoms with Gasteiger partial charge in [-0.15, -0.1) is 0 Å². The molecule has 0 aliphatic heterocycles. The van der Waals surface area contributed by atoms with Gasteiger partial charge in [-0.1, -0.05) is 23.7 Å². The van der Waals surface area contributed by atoms with Crippen LogP contribution in [0.2, 0.25) is 5.02 Å². The first-order valence-corrected chi connectivity index (χ1v) is 8.44. The lowest BCUT2D eigenvalue weighted by molar-refractivity contribution is -0.135. The Kier molecular flexibility index (Phi) is 4.28. The molecule has 0 atom stereocenters. The van der Waals surface area contributed by atoms with E-state index in [1.54, 1.807) is 24.3 Å². The van der Waals surface area contributed by atoms with Crippen molar-refractivity contribution in [3.8, 4) is 17.0 Å². The average Bonchev–Trinajstić information content (AvgIpc) is 3.15. The number of aromatic hydroxyl groups is 1. The van der Waals surface area contributed by atoms with Gasteiger partial charge in [0, 0.05) is 27.6 Å². The van der Waals surface area contributed by atoms with Crippen LogP contribution in [0.1, 0.15) is 10.5 Å². The first-order chi connectivity index (χ1) is 13.5. The fraction of sp³-hybridized carbons (Fsp3) is 0.0556. The lowest BCUT2D eigenvalue weighted by Crippen LogP contribution is -2.31. The summed E-state index contributed by atoms with van der Waals surface area (Å²) in [7, 11) is 0. The maximum absolute atomic E-state index is 12.4. The van der Waals surface area contributed by atoms with Crippen molar-refractivity contribution in [1.29, 1.82) is 0 Å². The molecule has 1 amide bonds. The van der Waals surface area contributed by atoms with Gasteiger partial charge in [0.2, 0.25) is 0 Å². The number of aliphatic carboxylic acids is 1. The van der Waals surface area contributed by atoms with Crippen LogP contribution in [-0.4, -0.2) is 48.2 Å². The van der Waals surface area contributed by atoms with Gasteiger partial charge >= 0.3 is 5.97 Å². The minimum absolute atomic E-state index is 0.224. The number of nitrogens with one attached hydrogen (secondary N) is 1. The molecule has 0 radical (unpaired) electrons. The van der Waals surface area contributed by atoms with Crippen molar-refractivity contribution in [3.63, 3.8) is 0 Å². The molecule has 0 bridgehead atoms. The zero-order chi connectivity index (χ0) is 19.8. The average molecular weight is 398 g/mol. The normalized spacial score (nSPS) is 11.0. The number of fused-ring (bicyclic) bond motifs is 3. The number of nitrogens with zero attached hydrogens (tertiary/aromatic N) is 4. The number of carboxylic acid groups (broad SMARTS) is 1. The molecule has 28 heavy (non-hydrogen) atoms. The Morgan fingerprint density at radius 3 is 2.75 bits per heavy atom. The Labute approximate surface area is 162 Å². The molecule has 3 aromatic heterocycles. The molecule has 3 heterocycles. The molecule has 9 nitrogen and oxygen atoms in total. The van der Waals surface area contributed by atoms with Crippen molar-refractivity contribution in [3.05, 3.63) is 53.6 Å². The highest BCUT2D eigenvalue weighted by Gasteiger charge is 2.22. The van der Waals surface area contributed by atoms with Gasteiger partial charge in [-0.2, -0.15) is 5.10 Å². The zero-order valence-electron chi connectivity index (χ0n) is 14.1. The van der Waals surface area contributed by atoms with Gasteiger partial charge in [-0.25, -0.2) is 9.50 Å². The van der Waals surface area contributed by atoms with Crippen LogP contribution in [0.3, 0.4) is 0 Å². The molecule has 0 unspecified atom stereocenters. The number of benzene rings is 1. The summed E-state index contributed by atoms with van der Waals surface area (Å²) in [6, 6.07) is 8.85. The number of hydrogen-bond acceptors (Lipinski definition) is 6. The Bertz CT molecular complexity index is 1250. The van der Waals surface area contributed by atoms with Gasteiger partial charge in [-0.05, 0) is 18.2 Å². The maximum atomic E-state index is 12.4. The molecule has 0 saturated heterocycles. The molecule has 0 aliphatic carbocycles. The summed E-state index contributed by atoms with van der Waals surface area (Å²) in [5, 5.41) is 27.0. The molecule has 10 heteroatoms. The number of carbonyl (C=O) groups is 2. The van der Waals surface area contributed by atoms with Crippen molar-refractivity contribution in [2.24, 2.45) is 0 Å². The summed E-state index contributed by atoms with van der Waals surface area (Å²) in [6.07, 6.45) is 2.66. The summed E-state index contributed by atoms with van der Waals surface area (Å²) in [5.74, 6) is -2.38. The Hall–Kier alpha value is -3.72. The molecule has 0 aliphatic rings. The van der Waals surface area contributed by atoms with E-state index in [2.05, 4.69) is 20.4 Å². The Morgan fingerprint density at radius 2 is 2.00 bits per heavy atom. The van der Waals surface area contributed by atoms with Crippen molar-refractivity contribution in [1.82, 2.24) is 24.9 Å². The van der Waals surface area contributed by atoms with Gasteiger partial charge < -0.3 is 15.5 Å². The first-order valence-electron chi connectivity index (χ1n) is 8.06. The highest BCUT2D eigenvalue weighted by atomic mass is 35.5. The van der Waals surface area contributed by atoms with Crippen LogP contribution in [0.5, 0.6) is 5.75 Å². The van der Waals surface area contributed by atoms with Gasteiger partial charge in [0.05, 0.1) is 5.69 Å². The topological polar surface area (TPSA) is 130 Å². The minimum Gasteiger partial charge on any atom is -0.505 e. The fourth-order valence-corrected chi connectivity index (χ4v) is 3.09. The van der Waals surface area contributed by atoms with Crippen LogP contribution in [0.15, 0.2) is 42.9 Å². The molecule has 0 spiro atoms. The summed E-state index contributed by atoms with van der Waals surface area (Å²) in [4.78, 5) is 31.6. The number of aromatic nitrogens is 4. The predicted molar refractivity (Wildman–Crippen MR) is 100 cm³/mol. The quantitative estimate of drug-likeness (QED) is 0.480. The molecular formula is C18H12ClN5O4. The van der Waals surface area contributed by atoms with Crippen LogP contribution in [0.4, 0.5) is 0 Å². The number of amides is 1.